The molecule has 0 bridgehead atoms. The summed E-state index contributed by atoms with van der Waals surface area (Å²) in [5.74, 6) is -4.77. The Morgan fingerprint density at radius 2 is 1.58 bits per heavy atom. The van der Waals surface area contributed by atoms with Crippen LogP contribution in [0.4, 0.5) is 22.0 Å². The van der Waals surface area contributed by atoms with E-state index in [1.807, 2.05) is 0 Å². The normalized spacial score (nSPS) is 16.2. The van der Waals surface area contributed by atoms with Gasteiger partial charge in [0.15, 0.2) is 0 Å². The highest BCUT2D eigenvalue weighted by molar-refractivity contribution is 4.82. The van der Waals surface area contributed by atoms with Crippen molar-refractivity contribution in [3.8, 4) is 0 Å². The van der Waals surface area contributed by atoms with Crippen molar-refractivity contribution >= 4 is 0 Å². The molecule has 0 aromatic carbocycles. The fourth-order valence-corrected chi connectivity index (χ4v) is 0.585. The van der Waals surface area contributed by atoms with Crippen LogP contribution in [0.1, 0.15) is 13.8 Å². The minimum atomic E-state index is -5.54. The van der Waals surface area contributed by atoms with Crippen LogP contribution < -0.4 is 0 Å². The molecule has 0 aliphatic carbocycles. The van der Waals surface area contributed by atoms with Crippen molar-refractivity contribution in [3.05, 3.63) is 0 Å². The second-order valence-corrected chi connectivity index (χ2v) is 2.22. The van der Waals surface area contributed by atoms with E-state index in [0.29, 0.717) is 6.92 Å². The van der Waals surface area contributed by atoms with Crippen molar-refractivity contribution < 1.29 is 26.7 Å². The number of hydrogen-bond acceptors (Lipinski definition) is 1. The maximum absolute atomic E-state index is 12.3. The van der Waals surface area contributed by atoms with Gasteiger partial charge in [-0.05, 0) is 13.8 Å². The van der Waals surface area contributed by atoms with E-state index in [0.717, 1.165) is 0 Å². The lowest BCUT2D eigenvalue weighted by molar-refractivity contribution is -0.315. The van der Waals surface area contributed by atoms with Gasteiger partial charge in [0, 0.05) is 6.61 Å². The monoisotopic (exact) mass is 192 g/mol. The van der Waals surface area contributed by atoms with Gasteiger partial charge in [0.25, 0.3) is 0 Å². The lowest BCUT2D eigenvalue weighted by Gasteiger charge is -2.25. The zero-order valence-electron chi connectivity index (χ0n) is 6.58. The fraction of sp³-hybridized carbons (Fsp3) is 1.00. The van der Waals surface area contributed by atoms with E-state index in [1.165, 1.54) is 6.92 Å². The van der Waals surface area contributed by atoms with Crippen LogP contribution in [0.5, 0.6) is 0 Å². The maximum atomic E-state index is 12.3. The third-order valence-electron chi connectivity index (χ3n) is 1.31. The van der Waals surface area contributed by atoms with Crippen molar-refractivity contribution in [2.75, 3.05) is 6.61 Å². The van der Waals surface area contributed by atoms with Crippen LogP contribution in [0.25, 0.3) is 0 Å². The van der Waals surface area contributed by atoms with E-state index in [2.05, 4.69) is 4.74 Å². The first kappa shape index (κ1) is 11.6. The van der Waals surface area contributed by atoms with E-state index >= 15 is 0 Å². The molecular formula is C6H9F5O. The molecule has 6 heteroatoms. The van der Waals surface area contributed by atoms with Crippen LogP contribution >= 0.6 is 0 Å². The molecule has 0 radical (unpaired) electrons. The van der Waals surface area contributed by atoms with Crippen LogP contribution in [-0.4, -0.2) is 24.8 Å². The molecule has 0 fully saturated rings. The molecule has 0 saturated carbocycles. The molecule has 74 valence electrons. The van der Waals surface area contributed by atoms with Crippen LogP contribution in [0.2, 0.25) is 0 Å². The van der Waals surface area contributed by atoms with E-state index < -0.39 is 18.2 Å². The molecule has 0 spiro atoms. The summed E-state index contributed by atoms with van der Waals surface area (Å²) in [5, 5.41) is 0. The highest BCUT2D eigenvalue weighted by Gasteiger charge is 2.61. The number of ether oxygens (including phenoxy) is 1. The van der Waals surface area contributed by atoms with E-state index in [-0.39, 0.29) is 6.61 Å². The highest BCUT2D eigenvalue weighted by atomic mass is 19.4. The predicted octanol–water partition coefficient (Wildman–Crippen LogP) is 2.61. The van der Waals surface area contributed by atoms with Gasteiger partial charge in [-0.15, -0.1) is 0 Å². The van der Waals surface area contributed by atoms with Crippen molar-refractivity contribution in [3.63, 3.8) is 0 Å². The molecule has 0 aliphatic heterocycles. The summed E-state index contributed by atoms with van der Waals surface area (Å²) >= 11 is 0. The minimum absolute atomic E-state index is 0.174. The first-order valence-corrected chi connectivity index (χ1v) is 3.29. The first-order chi connectivity index (χ1) is 5.23. The molecule has 1 nitrogen and oxygen atoms in total. The van der Waals surface area contributed by atoms with Crippen molar-refractivity contribution in [2.45, 2.75) is 32.1 Å². The largest absolute Gasteiger partial charge is 0.456 e. The fourth-order valence-electron chi connectivity index (χ4n) is 0.585. The SMILES string of the molecule is CCOC(C)C(F)(F)C(F)(F)F. The second-order valence-electron chi connectivity index (χ2n) is 2.22. The molecule has 0 aliphatic rings. The summed E-state index contributed by atoms with van der Waals surface area (Å²) in [5.41, 5.74) is 0. The van der Waals surface area contributed by atoms with Gasteiger partial charge < -0.3 is 4.74 Å². The maximum Gasteiger partial charge on any atom is 0.456 e. The zero-order chi connectivity index (χ0) is 9.99. The second kappa shape index (κ2) is 3.55. The predicted molar refractivity (Wildman–Crippen MR) is 32.1 cm³/mol. The van der Waals surface area contributed by atoms with Crippen LogP contribution in [-0.2, 0) is 4.74 Å². The average molecular weight is 192 g/mol. The zero-order valence-corrected chi connectivity index (χ0v) is 6.58. The van der Waals surface area contributed by atoms with Gasteiger partial charge in [0.1, 0.15) is 6.10 Å². The highest BCUT2D eigenvalue weighted by Crippen LogP contribution is 2.38. The van der Waals surface area contributed by atoms with Crippen LogP contribution in [0.3, 0.4) is 0 Å². The Balaban J connectivity index is 4.38. The molecule has 0 amide bonds. The molecule has 0 N–H and O–H groups in total. The Bertz CT molecular complexity index is 141. The van der Waals surface area contributed by atoms with Gasteiger partial charge >= 0.3 is 12.1 Å². The quantitative estimate of drug-likeness (QED) is 0.624. The molecule has 0 saturated heterocycles. The summed E-state index contributed by atoms with van der Waals surface area (Å²) in [6, 6.07) is 0. The van der Waals surface area contributed by atoms with Gasteiger partial charge in [-0.2, -0.15) is 22.0 Å². The topological polar surface area (TPSA) is 9.23 Å². The van der Waals surface area contributed by atoms with Crippen molar-refractivity contribution in [1.82, 2.24) is 0 Å². The Morgan fingerprint density at radius 1 is 1.17 bits per heavy atom. The van der Waals surface area contributed by atoms with Crippen LogP contribution in [0.15, 0.2) is 0 Å². The van der Waals surface area contributed by atoms with E-state index in [4.69, 9.17) is 0 Å². The lowest BCUT2D eigenvalue weighted by Crippen LogP contribution is -2.46. The average Bonchev–Trinajstić information content (AvgIpc) is 1.85. The standard InChI is InChI=1S/C6H9F5O/c1-3-12-4(2)5(7,8)6(9,10)11/h4H,3H2,1-2H3. The summed E-state index contributed by atoms with van der Waals surface area (Å²) in [7, 11) is 0. The summed E-state index contributed by atoms with van der Waals surface area (Å²) in [4.78, 5) is 0. The Labute approximate surface area is 66.5 Å². The molecule has 0 heterocycles. The van der Waals surface area contributed by atoms with Gasteiger partial charge in [0.2, 0.25) is 0 Å². The van der Waals surface area contributed by atoms with Crippen molar-refractivity contribution in [2.24, 2.45) is 0 Å². The van der Waals surface area contributed by atoms with Gasteiger partial charge in [-0.3, -0.25) is 0 Å². The van der Waals surface area contributed by atoms with Gasteiger partial charge in [-0.1, -0.05) is 0 Å². The van der Waals surface area contributed by atoms with Crippen LogP contribution in [0, 0.1) is 0 Å². The number of alkyl halides is 5. The van der Waals surface area contributed by atoms with Gasteiger partial charge in [0.05, 0.1) is 0 Å². The Kier molecular flexibility index (Phi) is 3.44. The van der Waals surface area contributed by atoms with E-state index in [1.54, 1.807) is 0 Å². The number of rotatable bonds is 3. The first-order valence-electron chi connectivity index (χ1n) is 3.29. The number of hydrogen-bond donors (Lipinski definition) is 0. The lowest BCUT2D eigenvalue weighted by atomic mass is 10.2. The van der Waals surface area contributed by atoms with Crippen molar-refractivity contribution in [1.29, 1.82) is 0 Å². The Hall–Kier alpha value is -0.390. The molecule has 1 unspecified atom stereocenters. The van der Waals surface area contributed by atoms with Gasteiger partial charge in [-0.25, -0.2) is 0 Å². The smallest absolute Gasteiger partial charge is 0.372 e. The summed E-state index contributed by atoms with van der Waals surface area (Å²) in [6.07, 6.45) is -7.68. The minimum Gasteiger partial charge on any atom is -0.372 e. The molecule has 0 rings (SSSR count). The van der Waals surface area contributed by atoms with E-state index in [9.17, 15) is 22.0 Å². The molecule has 0 aromatic heterocycles. The summed E-state index contributed by atoms with van der Waals surface area (Å²) < 4.78 is 63.4. The molecule has 0 aromatic rings. The molecule has 12 heavy (non-hydrogen) atoms. The number of halogens is 5. The summed E-state index contributed by atoms with van der Waals surface area (Å²) in [6.45, 7) is 1.87. The Morgan fingerprint density at radius 3 is 1.83 bits per heavy atom. The molecular weight excluding hydrogens is 183 g/mol. The third-order valence-corrected chi connectivity index (χ3v) is 1.31. The molecule has 1 atom stereocenters. The third kappa shape index (κ3) is 2.30.